The molecule has 0 aliphatic rings. The summed E-state index contributed by atoms with van der Waals surface area (Å²) in [5, 5.41) is 3.10. The Hall–Kier alpha value is -2.09. The molecule has 0 aromatic heterocycles. The number of amides is 1. The number of hydrogen-bond donors (Lipinski definition) is 1. The van der Waals surface area contributed by atoms with Crippen LogP contribution >= 0.6 is 0 Å². The minimum atomic E-state index is -0.384. The van der Waals surface area contributed by atoms with Gasteiger partial charge in [-0.05, 0) is 48.8 Å². The summed E-state index contributed by atoms with van der Waals surface area (Å²) < 4.78 is 0. The Bertz CT molecular complexity index is 650. The van der Waals surface area contributed by atoms with Gasteiger partial charge in [0.2, 0.25) is 5.91 Å². The molecule has 0 fully saturated rings. The molecule has 0 saturated heterocycles. The van der Waals surface area contributed by atoms with Gasteiger partial charge in [0.25, 0.3) is 0 Å². The number of carbonyl (C=O) groups excluding carboxylic acids is 1. The van der Waals surface area contributed by atoms with Crippen molar-refractivity contribution in [2.24, 2.45) is 11.3 Å². The fourth-order valence-corrected chi connectivity index (χ4v) is 3.38. The summed E-state index contributed by atoms with van der Waals surface area (Å²) in [5.74, 6) is 1.11. The zero-order valence-corrected chi connectivity index (χ0v) is 16.0. The zero-order chi connectivity index (χ0) is 18.3. The molecule has 2 nitrogen and oxygen atoms in total. The third-order valence-electron chi connectivity index (χ3n) is 5.08. The van der Waals surface area contributed by atoms with Crippen LogP contribution in [0.5, 0.6) is 0 Å². The predicted octanol–water partition coefficient (Wildman–Crippen LogP) is 6.26. The molecule has 0 bridgehead atoms. The molecule has 2 aromatic rings. The first-order valence-corrected chi connectivity index (χ1v) is 9.36. The van der Waals surface area contributed by atoms with Crippen LogP contribution in [0.4, 0.5) is 5.69 Å². The summed E-state index contributed by atoms with van der Waals surface area (Å²) in [4.78, 5) is 13.0. The molecule has 0 aliphatic heterocycles. The van der Waals surface area contributed by atoms with E-state index in [4.69, 9.17) is 0 Å². The molecule has 0 aliphatic carbocycles. The third kappa shape index (κ3) is 5.45. The molecule has 0 radical (unpaired) electrons. The molecule has 2 unspecified atom stereocenters. The molecule has 0 heterocycles. The Morgan fingerprint density at radius 2 is 1.56 bits per heavy atom. The number of rotatable bonds is 8. The van der Waals surface area contributed by atoms with Crippen LogP contribution in [0.2, 0.25) is 0 Å². The van der Waals surface area contributed by atoms with E-state index in [9.17, 15) is 4.79 Å². The second-order valence-electron chi connectivity index (χ2n) is 7.68. The van der Waals surface area contributed by atoms with E-state index >= 15 is 0 Å². The summed E-state index contributed by atoms with van der Waals surface area (Å²) in [6.07, 6.45) is 2.79. The molecule has 2 atom stereocenters. The average molecular weight is 338 g/mol. The largest absolute Gasteiger partial charge is 0.326 e. The zero-order valence-electron chi connectivity index (χ0n) is 16.0. The molecule has 1 amide bonds. The van der Waals surface area contributed by atoms with Gasteiger partial charge >= 0.3 is 0 Å². The topological polar surface area (TPSA) is 29.1 Å². The lowest BCUT2D eigenvalue weighted by Gasteiger charge is -2.32. The van der Waals surface area contributed by atoms with Crippen molar-refractivity contribution in [2.45, 2.75) is 52.9 Å². The molecule has 2 aromatic carbocycles. The fraction of sp³-hybridized carbons (Fsp3) is 0.435. The molecule has 0 saturated carbocycles. The number of anilines is 1. The third-order valence-corrected chi connectivity index (χ3v) is 5.08. The van der Waals surface area contributed by atoms with Crippen LogP contribution in [0, 0.1) is 11.3 Å². The first-order valence-electron chi connectivity index (χ1n) is 9.36. The molecule has 2 heteroatoms. The predicted molar refractivity (Wildman–Crippen MR) is 107 cm³/mol. The van der Waals surface area contributed by atoms with E-state index in [1.807, 2.05) is 30.3 Å². The maximum atomic E-state index is 13.0. The lowest BCUT2D eigenvalue weighted by Crippen LogP contribution is -2.34. The van der Waals surface area contributed by atoms with Crippen molar-refractivity contribution in [3.05, 3.63) is 66.2 Å². The highest BCUT2D eigenvalue weighted by atomic mass is 16.2. The lowest BCUT2D eigenvalue weighted by molar-refractivity contribution is -0.125. The molecular weight excluding hydrogens is 306 g/mol. The molecule has 0 spiro atoms. The van der Waals surface area contributed by atoms with E-state index in [1.165, 1.54) is 5.56 Å². The highest BCUT2D eigenvalue weighted by Crippen LogP contribution is 2.39. The second-order valence-corrected chi connectivity index (χ2v) is 7.68. The van der Waals surface area contributed by atoms with Crippen molar-refractivity contribution in [1.82, 2.24) is 0 Å². The van der Waals surface area contributed by atoms with Gasteiger partial charge in [-0.15, -0.1) is 0 Å². The van der Waals surface area contributed by atoms with Crippen molar-refractivity contribution in [3.8, 4) is 0 Å². The van der Waals surface area contributed by atoms with Crippen molar-refractivity contribution >= 4 is 11.6 Å². The summed E-state index contributed by atoms with van der Waals surface area (Å²) in [6.45, 7) is 8.72. The maximum absolute atomic E-state index is 13.0. The van der Waals surface area contributed by atoms with Crippen molar-refractivity contribution in [1.29, 1.82) is 0 Å². The van der Waals surface area contributed by atoms with Crippen LogP contribution in [-0.4, -0.2) is 5.91 Å². The van der Waals surface area contributed by atoms with Gasteiger partial charge in [0.05, 0.1) is 0 Å². The highest BCUT2D eigenvalue weighted by Gasteiger charge is 2.34. The fourth-order valence-electron chi connectivity index (χ4n) is 3.38. The first-order chi connectivity index (χ1) is 11.9. The molecule has 2 rings (SSSR count). The Morgan fingerprint density at radius 1 is 1.00 bits per heavy atom. The number of nitrogens with one attached hydrogen (secondary N) is 1. The number of carbonyl (C=O) groups is 1. The van der Waals surface area contributed by atoms with Gasteiger partial charge in [-0.2, -0.15) is 0 Å². The summed E-state index contributed by atoms with van der Waals surface area (Å²) in [6, 6.07) is 20.4. The van der Waals surface area contributed by atoms with Crippen LogP contribution in [0.25, 0.3) is 0 Å². The molecule has 1 N–H and O–H groups in total. The summed E-state index contributed by atoms with van der Waals surface area (Å²) >= 11 is 0. The lowest BCUT2D eigenvalue weighted by atomic mass is 9.73. The van der Waals surface area contributed by atoms with Gasteiger partial charge in [0.1, 0.15) is 0 Å². The van der Waals surface area contributed by atoms with E-state index in [1.54, 1.807) is 0 Å². The van der Waals surface area contributed by atoms with Gasteiger partial charge < -0.3 is 5.32 Å². The minimum Gasteiger partial charge on any atom is -0.326 e. The van der Waals surface area contributed by atoms with Crippen LogP contribution in [0.15, 0.2) is 60.7 Å². The quantitative estimate of drug-likeness (QED) is 0.605. The smallest absolute Gasteiger partial charge is 0.230 e. The Balaban J connectivity index is 2.19. The van der Waals surface area contributed by atoms with E-state index in [0.29, 0.717) is 11.8 Å². The van der Waals surface area contributed by atoms with E-state index < -0.39 is 0 Å². The van der Waals surface area contributed by atoms with Gasteiger partial charge in [-0.1, -0.05) is 76.2 Å². The van der Waals surface area contributed by atoms with Crippen LogP contribution in [-0.2, 0) is 4.79 Å². The normalized spacial score (nSPS) is 14.8. The van der Waals surface area contributed by atoms with E-state index in [0.717, 1.165) is 24.9 Å². The van der Waals surface area contributed by atoms with Gasteiger partial charge in [-0.3, -0.25) is 4.79 Å². The highest BCUT2D eigenvalue weighted by molar-refractivity contribution is 5.95. The monoisotopic (exact) mass is 337 g/mol. The summed E-state index contributed by atoms with van der Waals surface area (Å²) in [5.41, 5.74) is 1.82. The molecule has 134 valence electrons. The maximum Gasteiger partial charge on any atom is 0.230 e. The second kappa shape index (κ2) is 8.84. The van der Waals surface area contributed by atoms with Crippen molar-refractivity contribution in [2.75, 3.05) is 5.32 Å². The van der Waals surface area contributed by atoms with Crippen molar-refractivity contribution < 1.29 is 4.79 Å². The summed E-state index contributed by atoms with van der Waals surface area (Å²) in [7, 11) is 0. The molecular formula is C23H31NO. The van der Waals surface area contributed by atoms with Gasteiger partial charge in [0, 0.05) is 11.1 Å². The Kier molecular flexibility index (Phi) is 6.81. The van der Waals surface area contributed by atoms with Gasteiger partial charge in [-0.25, -0.2) is 0 Å². The number of hydrogen-bond acceptors (Lipinski definition) is 1. The van der Waals surface area contributed by atoms with Crippen LogP contribution in [0.3, 0.4) is 0 Å². The standard InChI is InChI=1S/C23H31NO/c1-5-23(4,22(25)24-21-14-10-7-11-15-21)17-20(16-18(2)3)19-12-8-6-9-13-19/h6-15,18,20H,5,16-17H2,1-4H3,(H,24,25). The Morgan fingerprint density at radius 3 is 2.08 bits per heavy atom. The Labute approximate surface area is 152 Å². The minimum absolute atomic E-state index is 0.117. The van der Waals surface area contributed by atoms with Crippen LogP contribution in [0.1, 0.15) is 58.4 Å². The van der Waals surface area contributed by atoms with Gasteiger partial charge in [0.15, 0.2) is 0 Å². The molecule has 25 heavy (non-hydrogen) atoms. The first kappa shape index (κ1) is 19.2. The SMILES string of the molecule is CCC(C)(CC(CC(C)C)c1ccccc1)C(=O)Nc1ccccc1. The van der Waals surface area contributed by atoms with Crippen molar-refractivity contribution in [3.63, 3.8) is 0 Å². The van der Waals surface area contributed by atoms with E-state index in [-0.39, 0.29) is 11.3 Å². The number of para-hydroxylation sites is 1. The number of benzene rings is 2. The van der Waals surface area contributed by atoms with E-state index in [2.05, 4.69) is 63.3 Å². The van der Waals surface area contributed by atoms with Crippen LogP contribution < -0.4 is 5.32 Å². The average Bonchev–Trinajstić information content (AvgIpc) is 2.62.